The number of benzene rings is 2. The van der Waals surface area contributed by atoms with Gasteiger partial charge in [0, 0.05) is 12.0 Å². The maximum absolute atomic E-state index is 12.6. The van der Waals surface area contributed by atoms with Crippen LogP contribution in [-0.4, -0.2) is 15.0 Å². The zero-order valence-electron chi connectivity index (χ0n) is 11.4. The zero-order valence-corrected chi connectivity index (χ0v) is 13.8. The smallest absolute Gasteiger partial charge is 0.244 e. The van der Waals surface area contributed by atoms with Gasteiger partial charge in [0.05, 0.1) is 22.7 Å². The molecule has 0 saturated heterocycles. The average Bonchev–Trinajstić information content (AvgIpc) is 2.47. The van der Waals surface area contributed by atoms with E-state index in [-0.39, 0.29) is 21.0 Å². The third-order valence-corrected chi connectivity index (χ3v) is 5.87. The van der Waals surface area contributed by atoms with Gasteiger partial charge in [-0.05, 0) is 18.2 Å². The van der Waals surface area contributed by atoms with Crippen molar-refractivity contribution < 1.29 is 13.2 Å². The van der Waals surface area contributed by atoms with Crippen LogP contribution in [0.15, 0.2) is 47.4 Å². The van der Waals surface area contributed by atoms with Gasteiger partial charge in [0.1, 0.15) is 10.6 Å². The number of sulfonamides is 1. The minimum Gasteiger partial charge on any atom is -0.493 e. The van der Waals surface area contributed by atoms with Crippen LogP contribution in [0.5, 0.6) is 5.75 Å². The minimum absolute atomic E-state index is 0.0951. The Morgan fingerprint density at radius 2 is 1.73 bits per heavy atom. The third-order valence-electron chi connectivity index (χ3n) is 3.44. The van der Waals surface area contributed by atoms with Crippen molar-refractivity contribution in [3.63, 3.8) is 0 Å². The maximum atomic E-state index is 12.6. The van der Waals surface area contributed by atoms with Crippen LogP contribution < -0.4 is 9.46 Å². The van der Waals surface area contributed by atoms with Gasteiger partial charge in [-0.15, -0.1) is 0 Å². The van der Waals surface area contributed by atoms with Crippen molar-refractivity contribution in [1.82, 2.24) is 4.72 Å². The second kappa shape index (κ2) is 6.08. The fourth-order valence-electron chi connectivity index (χ4n) is 2.45. The summed E-state index contributed by atoms with van der Waals surface area (Å²) in [5.74, 6) is 0.687. The molecule has 1 aliphatic rings. The molecule has 2 aromatic carbocycles. The van der Waals surface area contributed by atoms with E-state index in [2.05, 4.69) is 4.72 Å². The van der Waals surface area contributed by atoms with E-state index in [0.29, 0.717) is 18.8 Å². The first-order chi connectivity index (χ1) is 10.5. The summed E-state index contributed by atoms with van der Waals surface area (Å²) < 4.78 is 33.5. The Bertz CT molecular complexity index is 788. The molecule has 0 fully saturated rings. The van der Waals surface area contributed by atoms with Crippen LogP contribution in [0, 0.1) is 0 Å². The molecule has 0 amide bonds. The van der Waals surface area contributed by atoms with Gasteiger partial charge in [-0.1, -0.05) is 47.5 Å². The Morgan fingerprint density at radius 1 is 1.05 bits per heavy atom. The Balaban J connectivity index is 1.97. The van der Waals surface area contributed by atoms with Crippen LogP contribution in [0.4, 0.5) is 0 Å². The highest BCUT2D eigenvalue weighted by Gasteiger charge is 2.29. The number of fused-ring (bicyclic) bond motifs is 1. The third kappa shape index (κ3) is 2.94. The van der Waals surface area contributed by atoms with Gasteiger partial charge in [0.15, 0.2) is 0 Å². The average molecular weight is 358 g/mol. The standard InChI is InChI=1S/C15H13Cl2NO3S/c16-11-5-3-6-12(17)15(11)22(19,20)18-13-8-9-21-14-7-2-1-4-10(13)14/h1-7,13,18H,8-9H2. The lowest BCUT2D eigenvalue weighted by Gasteiger charge is -2.26. The highest BCUT2D eigenvalue weighted by Crippen LogP contribution is 2.35. The molecule has 2 aromatic rings. The second-order valence-corrected chi connectivity index (χ2v) is 7.36. The summed E-state index contributed by atoms with van der Waals surface area (Å²) in [6, 6.07) is 11.6. The number of hydrogen-bond acceptors (Lipinski definition) is 3. The molecule has 4 nitrogen and oxygen atoms in total. The monoisotopic (exact) mass is 357 g/mol. The lowest BCUT2D eigenvalue weighted by molar-refractivity contribution is 0.263. The molecule has 22 heavy (non-hydrogen) atoms. The van der Waals surface area contributed by atoms with E-state index in [1.807, 2.05) is 24.3 Å². The number of ether oxygens (including phenoxy) is 1. The van der Waals surface area contributed by atoms with Crippen LogP contribution in [-0.2, 0) is 10.0 Å². The summed E-state index contributed by atoms with van der Waals surface area (Å²) in [5, 5.41) is 0.195. The quantitative estimate of drug-likeness (QED) is 0.908. The zero-order chi connectivity index (χ0) is 15.7. The summed E-state index contributed by atoms with van der Waals surface area (Å²) in [7, 11) is -3.83. The van der Waals surface area contributed by atoms with Crippen LogP contribution in [0.25, 0.3) is 0 Å². The Kier molecular flexibility index (Phi) is 4.32. The van der Waals surface area contributed by atoms with Gasteiger partial charge in [0.2, 0.25) is 10.0 Å². The van der Waals surface area contributed by atoms with E-state index in [9.17, 15) is 8.42 Å². The summed E-state index contributed by atoms with van der Waals surface area (Å²) in [4.78, 5) is -0.0951. The van der Waals surface area contributed by atoms with E-state index in [4.69, 9.17) is 27.9 Å². The van der Waals surface area contributed by atoms with Crippen LogP contribution >= 0.6 is 23.2 Å². The summed E-state index contributed by atoms with van der Waals surface area (Å²) in [6.07, 6.45) is 0.540. The molecule has 1 N–H and O–H groups in total. The van der Waals surface area contributed by atoms with Crippen molar-refractivity contribution >= 4 is 33.2 Å². The number of nitrogens with one attached hydrogen (secondary N) is 1. The summed E-state index contributed by atoms with van der Waals surface area (Å²) in [6.45, 7) is 0.445. The SMILES string of the molecule is O=S(=O)(NC1CCOc2ccccc21)c1c(Cl)cccc1Cl. The highest BCUT2D eigenvalue weighted by atomic mass is 35.5. The first-order valence-electron chi connectivity index (χ1n) is 6.67. The molecular formula is C15H13Cl2NO3S. The molecule has 0 aliphatic carbocycles. The molecule has 0 aromatic heterocycles. The molecule has 7 heteroatoms. The van der Waals surface area contributed by atoms with Crippen molar-refractivity contribution in [3.8, 4) is 5.75 Å². The van der Waals surface area contributed by atoms with Crippen molar-refractivity contribution in [2.75, 3.05) is 6.61 Å². The molecule has 0 bridgehead atoms. The van der Waals surface area contributed by atoms with Crippen molar-refractivity contribution in [3.05, 3.63) is 58.1 Å². The first-order valence-corrected chi connectivity index (χ1v) is 8.91. The lowest BCUT2D eigenvalue weighted by Crippen LogP contribution is -2.32. The number of hydrogen-bond donors (Lipinski definition) is 1. The molecule has 0 saturated carbocycles. The highest BCUT2D eigenvalue weighted by molar-refractivity contribution is 7.89. The number of para-hydroxylation sites is 1. The van der Waals surface area contributed by atoms with E-state index in [1.165, 1.54) is 12.1 Å². The molecule has 1 atom stereocenters. The van der Waals surface area contributed by atoms with Crippen molar-refractivity contribution in [1.29, 1.82) is 0 Å². The predicted molar refractivity (Wildman–Crippen MR) is 86.1 cm³/mol. The maximum Gasteiger partial charge on any atom is 0.244 e. The van der Waals surface area contributed by atoms with Gasteiger partial charge >= 0.3 is 0 Å². The Morgan fingerprint density at radius 3 is 2.45 bits per heavy atom. The summed E-state index contributed by atoms with van der Waals surface area (Å²) in [5.41, 5.74) is 0.806. The molecule has 1 heterocycles. The summed E-state index contributed by atoms with van der Waals surface area (Å²) >= 11 is 12.0. The lowest BCUT2D eigenvalue weighted by atomic mass is 10.0. The van der Waals surface area contributed by atoms with E-state index in [1.54, 1.807) is 6.07 Å². The molecule has 1 aliphatic heterocycles. The number of rotatable bonds is 3. The molecule has 3 rings (SSSR count). The molecular weight excluding hydrogens is 345 g/mol. The Hall–Kier alpha value is -1.27. The van der Waals surface area contributed by atoms with E-state index < -0.39 is 10.0 Å². The molecule has 116 valence electrons. The van der Waals surface area contributed by atoms with Crippen LogP contribution in [0.2, 0.25) is 10.0 Å². The fraction of sp³-hybridized carbons (Fsp3) is 0.200. The first kappa shape index (κ1) is 15.6. The Labute approximate surface area is 139 Å². The van der Waals surface area contributed by atoms with Crippen LogP contribution in [0.3, 0.4) is 0 Å². The molecule has 0 spiro atoms. The largest absolute Gasteiger partial charge is 0.493 e. The van der Waals surface area contributed by atoms with Gasteiger partial charge in [0.25, 0.3) is 0 Å². The normalized spacial score (nSPS) is 17.6. The van der Waals surface area contributed by atoms with Crippen molar-refractivity contribution in [2.45, 2.75) is 17.4 Å². The van der Waals surface area contributed by atoms with Crippen molar-refractivity contribution in [2.24, 2.45) is 0 Å². The van der Waals surface area contributed by atoms with Gasteiger partial charge in [-0.2, -0.15) is 0 Å². The van der Waals surface area contributed by atoms with Gasteiger partial charge < -0.3 is 4.74 Å². The molecule has 0 radical (unpaired) electrons. The fourth-order valence-corrected chi connectivity index (χ4v) is 4.84. The molecule has 1 unspecified atom stereocenters. The number of halogens is 2. The van der Waals surface area contributed by atoms with E-state index >= 15 is 0 Å². The predicted octanol–water partition coefficient (Wildman–Crippen LogP) is 3.80. The van der Waals surface area contributed by atoms with Crippen LogP contribution in [0.1, 0.15) is 18.0 Å². The van der Waals surface area contributed by atoms with Gasteiger partial charge in [-0.3, -0.25) is 0 Å². The van der Waals surface area contributed by atoms with E-state index in [0.717, 1.165) is 5.56 Å². The van der Waals surface area contributed by atoms with Gasteiger partial charge in [-0.25, -0.2) is 13.1 Å². The second-order valence-electron chi connectivity index (χ2n) is 4.90. The topological polar surface area (TPSA) is 55.4 Å². The minimum atomic E-state index is -3.83.